The molecule has 0 heterocycles. The van der Waals surface area contributed by atoms with E-state index in [0.717, 1.165) is 0 Å². The molecule has 5 heteroatoms. The monoisotopic (exact) mass is 300 g/mol. The third kappa shape index (κ3) is 4.03. The third-order valence-electron chi connectivity index (χ3n) is 2.88. The van der Waals surface area contributed by atoms with Crippen LogP contribution in [0.4, 0.5) is 5.69 Å². The molecule has 0 aromatic heterocycles. The molecule has 0 spiro atoms. The number of carbonyl (C=O) groups is 1. The van der Waals surface area contributed by atoms with Crippen LogP contribution < -0.4 is 15.8 Å². The zero-order valence-corrected chi connectivity index (χ0v) is 12.4. The van der Waals surface area contributed by atoms with Crippen molar-refractivity contribution >= 4 is 28.8 Å². The van der Waals surface area contributed by atoms with Gasteiger partial charge in [0.25, 0.3) is 5.91 Å². The second kappa shape index (κ2) is 6.85. The molecule has 2 aromatic rings. The molecule has 2 rings (SSSR count). The second-order valence-corrected chi connectivity index (χ2v) is 4.91. The Labute approximate surface area is 128 Å². The number of benzene rings is 2. The van der Waals surface area contributed by atoms with Crippen LogP contribution in [0, 0.1) is 0 Å². The molecular formula is C16H16N2O2S. The standard InChI is InChI=1S/C16H16N2O2S/c1-11(20-12-7-3-2-4-8-12)16(19)18-14-10-6-5-9-13(14)15(17)21/h2-11H,1H3,(H2,17,21)(H,18,19). The van der Waals surface area contributed by atoms with E-state index < -0.39 is 6.10 Å². The predicted molar refractivity (Wildman–Crippen MR) is 87.5 cm³/mol. The van der Waals surface area contributed by atoms with Gasteiger partial charge < -0.3 is 15.8 Å². The normalized spacial score (nSPS) is 11.5. The van der Waals surface area contributed by atoms with Gasteiger partial charge >= 0.3 is 0 Å². The van der Waals surface area contributed by atoms with E-state index >= 15 is 0 Å². The van der Waals surface area contributed by atoms with Crippen LogP contribution in [0.25, 0.3) is 0 Å². The number of hydrogen-bond donors (Lipinski definition) is 2. The average Bonchev–Trinajstić information content (AvgIpc) is 2.48. The first-order chi connectivity index (χ1) is 10.1. The Kier molecular flexibility index (Phi) is 4.90. The highest BCUT2D eigenvalue weighted by molar-refractivity contribution is 7.80. The summed E-state index contributed by atoms with van der Waals surface area (Å²) in [6, 6.07) is 16.3. The Morgan fingerprint density at radius 1 is 1.14 bits per heavy atom. The zero-order valence-electron chi connectivity index (χ0n) is 11.6. The minimum atomic E-state index is -0.633. The van der Waals surface area contributed by atoms with Gasteiger partial charge in [0, 0.05) is 5.56 Å². The van der Waals surface area contributed by atoms with Gasteiger partial charge in [-0.25, -0.2) is 0 Å². The van der Waals surface area contributed by atoms with Crippen molar-refractivity contribution in [3.63, 3.8) is 0 Å². The quantitative estimate of drug-likeness (QED) is 0.833. The van der Waals surface area contributed by atoms with Gasteiger partial charge in [-0.15, -0.1) is 0 Å². The van der Waals surface area contributed by atoms with E-state index in [2.05, 4.69) is 5.32 Å². The van der Waals surface area contributed by atoms with Gasteiger partial charge in [0.05, 0.1) is 5.69 Å². The van der Waals surface area contributed by atoms with E-state index in [1.807, 2.05) is 24.3 Å². The van der Waals surface area contributed by atoms with Gasteiger partial charge in [0.1, 0.15) is 10.7 Å². The van der Waals surface area contributed by atoms with Crippen molar-refractivity contribution in [1.82, 2.24) is 0 Å². The van der Waals surface area contributed by atoms with Crippen LogP contribution in [0.3, 0.4) is 0 Å². The molecule has 108 valence electrons. The number of nitrogens with one attached hydrogen (secondary N) is 1. The molecule has 0 bridgehead atoms. The average molecular weight is 300 g/mol. The molecular weight excluding hydrogens is 284 g/mol. The van der Waals surface area contributed by atoms with Crippen LogP contribution in [-0.4, -0.2) is 17.0 Å². The van der Waals surface area contributed by atoms with E-state index in [-0.39, 0.29) is 10.9 Å². The van der Waals surface area contributed by atoms with Crippen molar-refractivity contribution in [2.75, 3.05) is 5.32 Å². The van der Waals surface area contributed by atoms with Gasteiger partial charge in [-0.1, -0.05) is 42.5 Å². The van der Waals surface area contributed by atoms with E-state index in [9.17, 15) is 4.79 Å². The summed E-state index contributed by atoms with van der Waals surface area (Å²) in [6.45, 7) is 1.69. The van der Waals surface area contributed by atoms with Crippen LogP contribution >= 0.6 is 12.2 Å². The van der Waals surface area contributed by atoms with E-state index in [0.29, 0.717) is 17.0 Å². The number of rotatable bonds is 5. The minimum absolute atomic E-state index is 0.238. The number of hydrogen-bond acceptors (Lipinski definition) is 3. The maximum atomic E-state index is 12.2. The summed E-state index contributed by atoms with van der Waals surface area (Å²) in [4.78, 5) is 12.4. The van der Waals surface area contributed by atoms with Crippen molar-refractivity contribution in [2.24, 2.45) is 5.73 Å². The summed E-state index contributed by atoms with van der Waals surface area (Å²) < 4.78 is 5.57. The number of thiocarbonyl (C=S) groups is 1. The number of carbonyl (C=O) groups excluding carboxylic acids is 1. The highest BCUT2D eigenvalue weighted by Crippen LogP contribution is 2.16. The summed E-state index contributed by atoms with van der Waals surface area (Å²) in [5.74, 6) is 0.380. The molecule has 0 saturated heterocycles. The van der Waals surface area contributed by atoms with Crippen molar-refractivity contribution < 1.29 is 9.53 Å². The molecule has 0 aliphatic heterocycles. The third-order valence-corrected chi connectivity index (χ3v) is 3.10. The zero-order chi connectivity index (χ0) is 15.2. The van der Waals surface area contributed by atoms with Gasteiger partial charge in [-0.2, -0.15) is 0 Å². The Morgan fingerprint density at radius 3 is 2.43 bits per heavy atom. The summed E-state index contributed by atoms with van der Waals surface area (Å²) in [5.41, 5.74) is 6.85. The lowest BCUT2D eigenvalue weighted by Crippen LogP contribution is -2.31. The molecule has 1 atom stereocenters. The Bertz CT molecular complexity index is 644. The molecule has 0 aliphatic carbocycles. The SMILES string of the molecule is CC(Oc1ccccc1)C(=O)Nc1ccccc1C(N)=S. The van der Waals surface area contributed by atoms with Gasteiger partial charge in [0.15, 0.2) is 6.10 Å². The lowest BCUT2D eigenvalue weighted by atomic mass is 10.1. The number of para-hydroxylation sites is 2. The summed E-state index contributed by atoms with van der Waals surface area (Å²) in [5, 5.41) is 2.78. The fourth-order valence-electron chi connectivity index (χ4n) is 1.80. The predicted octanol–water partition coefficient (Wildman–Crippen LogP) is 2.73. The number of nitrogens with two attached hydrogens (primary N) is 1. The van der Waals surface area contributed by atoms with Gasteiger partial charge in [-0.3, -0.25) is 4.79 Å². The Morgan fingerprint density at radius 2 is 1.76 bits per heavy atom. The molecule has 0 saturated carbocycles. The van der Waals surface area contributed by atoms with Crippen LogP contribution in [0.5, 0.6) is 5.75 Å². The topological polar surface area (TPSA) is 64.3 Å². The summed E-state index contributed by atoms with van der Waals surface area (Å²) >= 11 is 4.97. The maximum Gasteiger partial charge on any atom is 0.265 e. The molecule has 0 aliphatic rings. The molecule has 3 N–H and O–H groups in total. The van der Waals surface area contributed by atoms with E-state index in [4.69, 9.17) is 22.7 Å². The first-order valence-electron chi connectivity index (χ1n) is 6.49. The fourth-order valence-corrected chi connectivity index (χ4v) is 1.98. The molecule has 1 unspecified atom stereocenters. The van der Waals surface area contributed by atoms with Crippen molar-refractivity contribution in [3.8, 4) is 5.75 Å². The molecule has 1 amide bonds. The molecule has 21 heavy (non-hydrogen) atoms. The number of anilines is 1. The number of ether oxygens (including phenoxy) is 1. The molecule has 2 aromatic carbocycles. The van der Waals surface area contributed by atoms with Crippen LogP contribution in [-0.2, 0) is 4.79 Å². The fraction of sp³-hybridized carbons (Fsp3) is 0.125. The second-order valence-electron chi connectivity index (χ2n) is 4.47. The lowest BCUT2D eigenvalue weighted by molar-refractivity contribution is -0.122. The molecule has 0 fully saturated rings. The van der Waals surface area contributed by atoms with E-state index in [1.54, 1.807) is 37.3 Å². The Balaban J connectivity index is 2.06. The highest BCUT2D eigenvalue weighted by atomic mass is 32.1. The van der Waals surface area contributed by atoms with Crippen molar-refractivity contribution in [1.29, 1.82) is 0 Å². The molecule has 4 nitrogen and oxygen atoms in total. The first-order valence-corrected chi connectivity index (χ1v) is 6.90. The highest BCUT2D eigenvalue weighted by Gasteiger charge is 2.16. The van der Waals surface area contributed by atoms with Crippen LogP contribution in [0.15, 0.2) is 54.6 Å². The van der Waals surface area contributed by atoms with Gasteiger partial charge in [-0.05, 0) is 31.2 Å². The van der Waals surface area contributed by atoms with Crippen LogP contribution in [0.1, 0.15) is 12.5 Å². The van der Waals surface area contributed by atoms with Gasteiger partial charge in [0.2, 0.25) is 0 Å². The van der Waals surface area contributed by atoms with E-state index in [1.165, 1.54) is 0 Å². The minimum Gasteiger partial charge on any atom is -0.481 e. The summed E-state index contributed by atoms with van der Waals surface area (Å²) in [6.07, 6.45) is -0.633. The molecule has 0 radical (unpaired) electrons. The lowest BCUT2D eigenvalue weighted by Gasteiger charge is -2.16. The maximum absolute atomic E-state index is 12.2. The van der Waals surface area contributed by atoms with Crippen LogP contribution in [0.2, 0.25) is 0 Å². The van der Waals surface area contributed by atoms with Crippen molar-refractivity contribution in [3.05, 3.63) is 60.2 Å². The summed E-state index contributed by atoms with van der Waals surface area (Å²) in [7, 11) is 0. The number of amides is 1. The largest absolute Gasteiger partial charge is 0.481 e. The van der Waals surface area contributed by atoms with Crippen molar-refractivity contribution in [2.45, 2.75) is 13.0 Å². The smallest absolute Gasteiger partial charge is 0.265 e. The first kappa shape index (κ1) is 15.0. The Hall–Kier alpha value is -2.40.